The molecule has 0 aliphatic heterocycles. The van der Waals surface area contributed by atoms with Crippen LogP contribution in [0.1, 0.15) is 63.5 Å². The van der Waals surface area contributed by atoms with Crippen molar-refractivity contribution in [1.29, 1.82) is 0 Å². The third kappa shape index (κ3) is 8.16. The van der Waals surface area contributed by atoms with E-state index in [2.05, 4.69) is 34.4 Å². The lowest BCUT2D eigenvalue weighted by molar-refractivity contribution is -0.137. The molecule has 1 aromatic heterocycles. The Morgan fingerprint density at radius 1 is 0.857 bits per heavy atom. The maximum atomic E-state index is 13.7. The number of rotatable bonds is 13. The van der Waals surface area contributed by atoms with Gasteiger partial charge in [-0.25, -0.2) is 4.98 Å². The molecule has 0 saturated heterocycles. The van der Waals surface area contributed by atoms with Gasteiger partial charge in [-0.2, -0.15) is 18.2 Å². The fraction of sp³-hybridized carbons (Fsp3) is 0.407. The average Bonchev–Trinajstić information content (AvgIpc) is 2.84. The number of aryl methyl sites for hydroxylation is 1. The van der Waals surface area contributed by atoms with Crippen LogP contribution in [0, 0.1) is 0 Å². The number of benzene rings is 2. The summed E-state index contributed by atoms with van der Waals surface area (Å²) in [5, 5.41) is 5.88. The summed E-state index contributed by atoms with van der Waals surface area (Å²) in [4.78, 5) is 8.07. The highest BCUT2D eigenvalue weighted by Gasteiger charge is 2.35. The van der Waals surface area contributed by atoms with Gasteiger partial charge in [-0.1, -0.05) is 57.7 Å². The second-order valence-electron chi connectivity index (χ2n) is 8.40. The molecular formula is C27H33F3N4O. The molecule has 0 unspecified atom stereocenters. The topological polar surface area (TPSA) is 59.1 Å². The van der Waals surface area contributed by atoms with Crippen LogP contribution in [-0.2, 0) is 12.6 Å². The first-order valence-electron chi connectivity index (χ1n) is 12.2. The standard InChI is InChI=1S/C27H33F3N4O/c1-3-5-7-10-18-35-22-16-14-21(15-17-22)32-26-31-19-23(27(28,29)30)25(34-26)33-24-13-9-8-12-20(24)11-6-4-2/h8-9,12-17,19H,3-7,10-11,18H2,1-2H3,(H2,31,32,33,34). The SMILES string of the molecule is CCCCCCOc1ccc(Nc2ncc(C(F)(F)F)c(Nc3ccccc3CCCC)n2)cc1. The van der Waals surface area contributed by atoms with Crippen molar-refractivity contribution in [2.45, 2.75) is 65.0 Å². The van der Waals surface area contributed by atoms with Crippen LogP contribution in [0.5, 0.6) is 5.75 Å². The first kappa shape index (κ1) is 26.3. The van der Waals surface area contributed by atoms with Gasteiger partial charge in [0, 0.05) is 17.6 Å². The molecule has 0 aliphatic rings. The van der Waals surface area contributed by atoms with E-state index in [4.69, 9.17) is 4.74 Å². The van der Waals surface area contributed by atoms with Gasteiger partial charge in [-0.3, -0.25) is 0 Å². The molecule has 0 amide bonds. The quantitative estimate of drug-likeness (QED) is 0.238. The molecule has 8 heteroatoms. The van der Waals surface area contributed by atoms with E-state index in [1.54, 1.807) is 24.3 Å². The van der Waals surface area contributed by atoms with Crippen molar-refractivity contribution in [3.8, 4) is 5.75 Å². The van der Waals surface area contributed by atoms with Crippen LogP contribution in [0.25, 0.3) is 0 Å². The Labute approximate surface area is 205 Å². The van der Waals surface area contributed by atoms with Crippen LogP contribution < -0.4 is 15.4 Å². The number of alkyl halides is 3. The Kier molecular flexibility index (Phi) is 9.76. The molecule has 0 radical (unpaired) electrons. The van der Waals surface area contributed by atoms with Gasteiger partial charge in [0.15, 0.2) is 0 Å². The van der Waals surface area contributed by atoms with Crippen LogP contribution >= 0.6 is 0 Å². The number of hydrogen-bond donors (Lipinski definition) is 2. The van der Waals surface area contributed by atoms with Gasteiger partial charge < -0.3 is 15.4 Å². The van der Waals surface area contributed by atoms with Crippen LogP contribution in [-0.4, -0.2) is 16.6 Å². The van der Waals surface area contributed by atoms with E-state index in [1.165, 1.54) is 12.8 Å². The fourth-order valence-corrected chi connectivity index (χ4v) is 3.58. The summed E-state index contributed by atoms with van der Waals surface area (Å²) in [6, 6.07) is 14.6. The van der Waals surface area contributed by atoms with Crippen LogP contribution in [0.3, 0.4) is 0 Å². The van der Waals surface area contributed by atoms with E-state index in [0.29, 0.717) is 18.0 Å². The molecule has 35 heavy (non-hydrogen) atoms. The van der Waals surface area contributed by atoms with Gasteiger partial charge in [0.2, 0.25) is 5.95 Å². The van der Waals surface area contributed by atoms with Gasteiger partial charge in [-0.15, -0.1) is 0 Å². The van der Waals surface area contributed by atoms with Gasteiger partial charge >= 0.3 is 6.18 Å². The van der Waals surface area contributed by atoms with Crippen molar-refractivity contribution in [1.82, 2.24) is 9.97 Å². The maximum Gasteiger partial charge on any atom is 0.421 e. The zero-order valence-corrected chi connectivity index (χ0v) is 20.3. The Morgan fingerprint density at radius 2 is 1.60 bits per heavy atom. The summed E-state index contributed by atoms with van der Waals surface area (Å²) < 4.78 is 46.8. The third-order valence-electron chi connectivity index (χ3n) is 5.54. The fourth-order valence-electron chi connectivity index (χ4n) is 3.58. The van der Waals surface area contributed by atoms with E-state index in [-0.39, 0.29) is 11.8 Å². The number of aromatic nitrogens is 2. The molecule has 5 nitrogen and oxygen atoms in total. The minimum atomic E-state index is -4.59. The predicted octanol–water partition coefficient (Wildman–Crippen LogP) is 8.28. The van der Waals surface area contributed by atoms with Gasteiger partial charge in [-0.05, 0) is 55.2 Å². The molecule has 188 valence electrons. The second kappa shape index (κ2) is 13.0. The van der Waals surface area contributed by atoms with Gasteiger partial charge in [0.05, 0.1) is 6.61 Å². The number of nitrogens with zero attached hydrogens (tertiary/aromatic N) is 2. The second-order valence-corrected chi connectivity index (χ2v) is 8.40. The van der Waals surface area contributed by atoms with Gasteiger partial charge in [0.25, 0.3) is 0 Å². The Hall–Kier alpha value is -3.29. The van der Waals surface area contributed by atoms with Crippen molar-refractivity contribution in [2.24, 2.45) is 0 Å². The molecule has 0 fully saturated rings. The summed E-state index contributed by atoms with van der Waals surface area (Å²) in [7, 11) is 0. The van der Waals surface area contributed by atoms with E-state index >= 15 is 0 Å². The summed E-state index contributed by atoms with van der Waals surface area (Å²) in [6.07, 6.45) is 3.44. The summed E-state index contributed by atoms with van der Waals surface area (Å²) in [5.41, 5.74) is 1.29. The summed E-state index contributed by atoms with van der Waals surface area (Å²) >= 11 is 0. The highest BCUT2D eigenvalue weighted by molar-refractivity contribution is 5.65. The average molecular weight is 487 g/mol. The molecule has 2 N–H and O–H groups in total. The van der Waals surface area contributed by atoms with Crippen molar-refractivity contribution in [3.05, 3.63) is 65.9 Å². The molecule has 0 bridgehead atoms. The third-order valence-corrected chi connectivity index (χ3v) is 5.54. The molecule has 0 aliphatic carbocycles. The monoisotopic (exact) mass is 486 g/mol. The predicted molar refractivity (Wildman–Crippen MR) is 135 cm³/mol. The molecule has 1 heterocycles. The normalized spacial score (nSPS) is 11.3. The minimum Gasteiger partial charge on any atom is -0.494 e. The van der Waals surface area contributed by atoms with Gasteiger partial charge in [0.1, 0.15) is 17.1 Å². The number of halogens is 3. The zero-order chi connectivity index (χ0) is 25.1. The van der Waals surface area contributed by atoms with Crippen molar-refractivity contribution in [2.75, 3.05) is 17.2 Å². The molecule has 0 saturated carbocycles. The molecule has 0 spiro atoms. The zero-order valence-electron chi connectivity index (χ0n) is 20.3. The van der Waals surface area contributed by atoms with Crippen molar-refractivity contribution >= 4 is 23.1 Å². The molecule has 2 aromatic carbocycles. The summed E-state index contributed by atoms with van der Waals surface area (Å²) in [5.74, 6) is 0.525. The molecule has 3 rings (SSSR count). The smallest absolute Gasteiger partial charge is 0.421 e. The maximum absolute atomic E-state index is 13.7. The van der Waals surface area contributed by atoms with Crippen LogP contribution in [0.4, 0.5) is 36.3 Å². The Morgan fingerprint density at radius 3 is 2.31 bits per heavy atom. The van der Waals surface area contributed by atoms with Crippen molar-refractivity contribution < 1.29 is 17.9 Å². The number of anilines is 4. The minimum absolute atomic E-state index is 0.0692. The van der Waals surface area contributed by atoms with E-state index < -0.39 is 11.7 Å². The molecule has 0 atom stereocenters. The van der Waals surface area contributed by atoms with E-state index in [1.807, 2.05) is 24.3 Å². The number of unbranched alkanes of at least 4 members (excludes halogenated alkanes) is 4. The van der Waals surface area contributed by atoms with E-state index in [0.717, 1.165) is 49.6 Å². The Bertz CT molecular complexity index is 1060. The highest BCUT2D eigenvalue weighted by Crippen LogP contribution is 2.36. The number of nitrogens with one attached hydrogen (secondary N) is 2. The van der Waals surface area contributed by atoms with E-state index in [9.17, 15) is 13.2 Å². The lowest BCUT2D eigenvalue weighted by atomic mass is 10.1. The lowest BCUT2D eigenvalue weighted by Gasteiger charge is -2.17. The first-order valence-corrected chi connectivity index (χ1v) is 12.2. The number of ether oxygens (including phenoxy) is 1. The molecular weight excluding hydrogens is 453 g/mol. The Balaban J connectivity index is 1.75. The highest BCUT2D eigenvalue weighted by atomic mass is 19.4. The van der Waals surface area contributed by atoms with Crippen LogP contribution in [0.2, 0.25) is 0 Å². The summed E-state index contributed by atoms with van der Waals surface area (Å²) in [6.45, 7) is 4.90. The largest absolute Gasteiger partial charge is 0.494 e. The first-order chi connectivity index (χ1) is 16.9. The number of para-hydroxylation sites is 1. The molecule has 3 aromatic rings. The van der Waals surface area contributed by atoms with Crippen LogP contribution in [0.15, 0.2) is 54.7 Å². The number of hydrogen-bond acceptors (Lipinski definition) is 5. The lowest BCUT2D eigenvalue weighted by Crippen LogP contribution is -2.13. The van der Waals surface area contributed by atoms with Crippen molar-refractivity contribution in [3.63, 3.8) is 0 Å².